The van der Waals surface area contributed by atoms with Gasteiger partial charge in [0.05, 0.1) is 11.0 Å². The number of ether oxygens (including phenoxy) is 1. The molecule has 4 nitrogen and oxygen atoms in total. The maximum Gasteiger partial charge on any atom is 0.197 e. The SMILES string of the molecule is CN(C)CCOc1ccc2c(=O)c3ccc(Cl)cc3[nH]c2c1. The first-order valence-corrected chi connectivity index (χ1v) is 7.45. The third-order valence-corrected chi connectivity index (χ3v) is 3.77. The molecule has 0 bridgehead atoms. The second-order valence-corrected chi connectivity index (χ2v) is 5.94. The summed E-state index contributed by atoms with van der Waals surface area (Å²) in [4.78, 5) is 17.8. The summed E-state index contributed by atoms with van der Waals surface area (Å²) >= 11 is 6.00. The second kappa shape index (κ2) is 5.99. The Labute approximate surface area is 133 Å². The quantitative estimate of drug-likeness (QED) is 0.751. The molecule has 0 atom stereocenters. The van der Waals surface area contributed by atoms with E-state index in [1.807, 2.05) is 26.2 Å². The lowest BCUT2D eigenvalue weighted by molar-refractivity contribution is 0.261. The molecule has 0 amide bonds. The zero-order valence-electron chi connectivity index (χ0n) is 12.5. The summed E-state index contributed by atoms with van der Waals surface area (Å²) in [5, 5.41) is 1.88. The van der Waals surface area contributed by atoms with E-state index in [-0.39, 0.29) is 5.43 Å². The van der Waals surface area contributed by atoms with Crippen LogP contribution in [0.2, 0.25) is 5.02 Å². The summed E-state index contributed by atoms with van der Waals surface area (Å²) in [6, 6.07) is 10.7. The van der Waals surface area contributed by atoms with E-state index in [4.69, 9.17) is 16.3 Å². The summed E-state index contributed by atoms with van der Waals surface area (Å²) in [6.07, 6.45) is 0. The van der Waals surface area contributed by atoms with Gasteiger partial charge in [-0.1, -0.05) is 11.6 Å². The summed E-state index contributed by atoms with van der Waals surface area (Å²) in [6.45, 7) is 1.43. The van der Waals surface area contributed by atoms with Crippen LogP contribution >= 0.6 is 11.6 Å². The number of aromatic nitrogens is 1. The molecule has 0 radical (unpaired) electrons. The van der Waals surface area contributed by atoms with Crippen molar-refractivity contribution in [3.63, 3.8) is 0 Å². The molecule has 0 fully saturated rings. The minimum Gasteiger partial charge on any atom is -0.492 e. The Morgan fingerprint density at radius 3 is 2.50 bits per heavy atom. The number of fused-ring (bicyclic) bond motifs is 2. The molecular weight excluding hydrogens is 300 g/mol. The van der Waals surface area contributed by atoms with Crippen molar-refractivity contribution in [2.75, 3.05) is 27.2 Å². The van der Waals surface area contributed by atoms with Gasteiger partial charge in [-0.25, -0.2) is 0 Å². The number of pyridine rings is 1. The van der Waals surface area contributed by atoms with E-state index in [1.165, 1.54) is 0 Å². The van der Waals surface area contributed by atoms with Crippen molar-refractivity contribution in [3.05, 3.63) is 51.6 Å². The topological polar surface area (TPSA) is 45.3 Å². The third kappa shape index (κ3) is 2.93. The van der Waals surface area contributed by atoms with Crippen molar-refractivity contribution in [1.82, 2.24) is 9.88 Å². The lowest BCUT2D eigenvalue weighted by atomic mass is 10.1. The minimum absolute atomic E-state index is 0.000239. The molecule has 1 N–H and O–H groups in total. The van der Waals surface area contributed by atoms with Crippen LogP contribution in [0.4, 0.5) is 0 Å². The van der Waals surface area contributed by atoms with Gasteiger partial charge in [-0.05, 0) is 44.4 Å². The molecular formula is C17H17ClN2O2. The van der Waals surface area contributed by atoms with Gasteiger partial charge in [-0.15, -0.1) is 0 Å². The van der Waals surface area contributed by atoms with Crippen LogP contribution in [0.25, 0.3) is 21.8 Å². The number of H-pyrrole nitrogens is 1. The molecule has 3 rings (SSSR count). The summed E-state index contributed by atoms with van der Waals surface area (Å²) in [7, 11) is 3.99. The second-order valence-electron chi connectivity index (χ2n) is 5.50. The van der Waals surface area contributed by atoms with E-state index in [0.29, 0.717) is 22.4 Å². The first kappa shape index (κ1) is 14.9. The van der Waals surface area contributed by atoms with Gasteiger partial charge in [0.15, 0.2) is 5.43 Å². The van der Waals surface area contributed by atoms with Gasteiger partial charge < -0.3 is 14.6 Å². The Morgan fingerprint density at radius 1 is 1.09 bits per heavy atom. The third-order valence-electron chi connectivity index (χ3n) is 3.54. The number of nitrogens with one attached hydrogen (secondary N) is 1. The van der Waals surface area contributed by atoms with Crippen molar-refractivity contribution in [1.29, 1.82) is 0 Å². The fourth-order valence-electron chi connectivity index (χ4n) is 2.37. The van der Waals surface area contributed by atoms with Gasteiger partial charge in [0.2, 0.25) is 0 Å². The zero-order valence-corrected chi connectivity index (χ0v) is 13.3. The van der Waals surface area contributed by atoms with Gasteiger partial charge in [0, 0.05) is 28.4 Å². The van der Waals surface area contributed by atoms with Gasteiger partial charge in [0.1, 0.15) is 12.4 Å². The molecule has 114 valence electrons. The summed E-state index contributed by atoms with van der Waals surface area (Å²) < 4.78 is 5.71. The van der Waals surface area contributed by atoms with Gasteiger partial charge >= 0.3 is 0 Å². The van der Waals surface area contributed by atoms with E-state index in [1.54, 1.807) is 24.3 Å². The van der Waals surface area contributed by atoms with E-state index < -0.39 is 0 Å². The maximum atomic E-state index is 12.5. The molecule has 3 aromatic rings. The molecule has 0 aliphatic rings. The number of hydrogen-bond acceptors (Lipinski definition) is 3. The van der Waals surface area contributed by atoms with Gasteiger partial charge in [-0.2, -0.15) is 0 Å². The summed E-state index contributed by atoms with van der Waals surface area (Å²) in [5.74, 6) is 0.742. The molecule has 1 aromatic heterocycles. The van der Waals surface area contributed by atoms with Crippen LogP contribution in [0.15, 0.2) is 41.2 Å². The zero-order chi connectivity index (χ0) is 15.7. The van der Waals surface area contributed by atoms with Crippen LogP contribution < -0.4 is 10.2 Å². The van der Waals surface area contributed by atoms with Crippen molar-refractivity contribution in [2.45, 2.75) is 0 Å². The fourth-order valence-corrected chi connectivity index (χ4v) is 2.54. The highest BCUT2D eigenvalue weighted by Gasteiger charge is 2.07. The van der Waals surface area contributed by atoms with Crippen LogP contribution in [0.3, 0.4) is 0 Å². The predicted octanol–water partition coefficient (Wildman–Crippen LogP) is 3.28. The molecule has 0 saturated heterocycles. The fraction of sp³-hybridized carbons (Fsp3) is 0.235. The molecule has 22 heavy (non-hydrogen) atoms. The lowest BCUT2D eigenvalue weighted by Gasteiger charge is -2.11. The van der Waals surface area contributed by atoms with Gasteiger partial charge in [0.25, 0.3) is 0 Å². The van der Waals surface area contributed by atoms with Gasteiger partial charge in [-0.3, -0.25) is 4.79 Å². The molecule has 1 heterocycles. The molecule has 0 saturated carbocycles. The van der Waals surface area contributed by atoms with Crippen LogP contribution in [0.5, 0.6) is 5.75 Å². The lowest BCUT2D eigenvalue weighted by Crippen LogP contribution is -2.19. The number of nitrogens with zero attached hydrogens (tertiary/aromatic N) is 1. The van der Waals surface area contributed by atoms with Crippen molar-refractivity contribution < 1.29 is 4.74 Å². The predicted molar refractivity (Wildman–Crippen MR) is 91.1 cm³/mol. The highest BCUT2D eigenvalue weighted by atomic mass is 35.5. The monoisotopic (exact) mass is 316 g/mol. The van der Waals surface area contributed by atoms with Crippen LogP contribution in [-0.2, 0) is 0 Å². The number of benzene rings is 2. The summed E-state index contributed by atoms with van der Waals surface area (Å²) in [5.41, 5.74) is 1.48. The van der Waals surface area contributed by atoms with Crippen molar-refractivity contribution in [2.24, 2.45) is 0 Å². The number of rotatable bonds is 4. The normalized spacial score (nSPS) is 11.5. The van der Waals surface area contributed by atoms with E-state index in [9.17, 15) is 4.79 Å². The number of hydrogen-bond donors (Lipinski definition) is 1. The Morgan fingerprint density at radius 2 is 1.77 bits per heavy atom. The largest absolute Gasteiger partial charge is 0.492 e. The first-order valence-electron chi connectivity index (χ1n) is 7.07. The Hall–Kier alpha value is -2.04. The first-order chi connectivity index (χ1) is 10.5. The molecule has 0 aliphatic carbocycles. The number of aromatic amines is 1. The van der Waals surface area contributed by atoms with Crippen LogP contribution in [0, 0.1) is 0 Å². The number of halogens is 1. The van der Waals surface area contributed by atoms with Crippen LogP contribution in [0.1, 0.15) is 0 Å². The van der Waals surface area contributed by atoms with Crippen molar-refractivity contribution >= 4 is 33.4 Å². The average molecular weight is 317 g/mol. The van der Waals surface area contributed by atoms with E-state index in [0.717, 1.165) is 23.3 Å². The Balaban J connectivity index is 2.04. The maximum absolute atomic E-state index is 12.5. The standard InChI is InChI=1S/C17H17ClN2O2/c1-20(2)7-8-22-12-4-6-14-16(10-12)19-15-9-11(18)3-5-13(15)17(14)21/h3-6,9-10H,7-8H2,1-2H3,(H,19,21). The Kier molecular flexibility index (Phi) is 4.05. The van der Waals surface area contributed by atoms with E-state index >= 15 is 0 Å². The molecule has 2 aromatic carbocycles. The van der Waals surface area contributed by atoms with E-state index in [2.05, 4.69) is 9.88 Å². The Bertz CT molecular complexity index is 887. The minimum atomic E-state index is 0.000239. The molecule has 0 spiro atoms. The van der Waals surface area contributed by atoms with Crippen molar-refractivity contribution in [3.8, 4) is 5.75 Å². The molecule has 5 heteroatoms. The average Bonchev–Trinajstić information content (AvgIpc) is 2.46. The highest BCUT2D eigenvalue weighted by molar-refractivity contribution is 6.31. The highest BCUT2D eigenvalue weighted by Crippen LogP contribution is 2.22. The molecule has 0 aliphatic heterocycles. The van der Waals surface area contributed by atoms with Crippen LogP contribution in [-0.4, -0.2) is 37.1 Å². The number of likely N-dealkylation sites (N-methyl/N-ethyl adjacent to an activating group) is 1. The smallest absolute Gasteiger partial charge is 0.197 e. The molecule has 0 unspecified atom stereocenters.